The predicted molar refractivity (Wildman–Crippen MR) is 56.6 cm³/mol. The van der Waals surface area contributed by atoms with Crippen molar-refractivity contribution in [1.82, 2.24) is 10.6 Å². The molecule has 2 saturated heterocycles. The molecule has 6 heteroatoms. The van der Waals surface area contributed by atoms with Gasteiger partial charge in [0.2, 0.25) is 5.91 Å². The number of carbonyl (C=O) groups is 2. The van der Waals surface area contributed by atoms with Crippen LogP contribution in [0.2, 0.25) is 0 Å². The molecule has 4 N–H and O–H groups in total. The van der Waals surface area contributed by atoms with Crippen LogP contribution in [0.3, 0.4) is 0 Å². The Kier molecular flexibility index (Phi) is 3.11. The average molecular weight is 227 g/mol. The minimum absolute atomic E-state index is 0.215. The van der Waals surface area contributed by atoms with Gasteiger partial charge in [-0.1, -0.05) is 0 Å². The number of nitrogens with one attached hydrogen (secondary N) is 2. The van der Waals surface area contributed by atoms with E-state index in [4.69, 9.17) is 10.5 Å². The van der Waals surface area contributed by atoms with Crippen LogP contribution >= 0.6 is 0 Å². The monoisotopic (exact) mass is 227 g/mol. The first-order valence-corrected chi connectivity index (χ1v) is 5.58. The van der Waals surface area contributed by atoms with Crippen molar-refractivity contribution in [3.8, 4) is 0 Å². The maximum atomic E-state index is 11.4. The first kappa shape index (κ1) is 11.3. The smallest absolute Gasteiger partial charge is 0.318 e. The number of ether oxygens (including phenoxy) is 1. The summed E-state index contributed by atoms with van der Waals surface area (Å²) in [6, 6.07) is -1.03. The molecule has 6 nitrogen and oxygen atoms in total. The summed E-state index contributed by atoms with van der Waals surface area (Å²) < 4.78 is 5.66. The third-order valence-electron chi connectivity index (χ3n) is 3.21. The largest absolute Gasteiger partial charge is 0.373 e. The summed E-state index contributed by atoms with van der Waals surface area (Å²) in [5.41, 5.74) is 4.88. The maximum Gasteiger partial charge on any atom is 0.318 e. The Balaban J connectivity index is 1.81. The van der Waals surface area contributed by atoms with E-state index in [-0.39, 0.29) is 12.1 Å². The van der Waals surface area contributed by atoms with Crippen molar-refractivity contribution < 1.29 is 14.3 Å². The van der Waals surface area contributed by atoms with Crippen LogP contribution in [0.25, 0.3) is 0 Å². The summed E-state index contributed by atoms with van der Waals surface area (Å²) in [4.78, 5) is 21.9. The highest BCUT2D eigenvalue weighted by molar-refractivity contribution is 5.96. The Morgan fingerprint density at radius 3 is 2.69 bits per heavy atom. The second-order valence-corrected chi connectivity index (χ2v) is 4.46. The number of primary amides is 1. The van der Waals surface area contributed by atoms with Gasteiger partial charge in [0.05, 0.1) is 18.2 Å². The van der Waals surface area contributed by atoms with Crippen molar-refractivity contribution in [1.29, 1.82) is 0 Å². The van der Waals surface area contributed by atoms with Crippen LogP contribution < -0.4 is 16.4 Å². The van der Waals surface area contributed by atoms with Gasteiger partial charge in [-0.2, -0.15) is 0 Å². The molecule has 0 aliphatic carbocycles. The van der Waals surface area contributed by atoms with Crippen molar-refractivity contribution >= 4 is 11.9 Å². The molecule has 0 saturated carbocycles. The number of fused-ring (bicyclic) bond motifs is 2. The van der Waals surface area contributed by atoms with Crippen LogP contribution in [-0.4, -0.2) is 36.2 Å². The highest BCUT2D eigenvalue weighted by Crippen LogP contribution is 2.34. The van der Waals surface area contributed by atoms with Crippen molar-refractivity contribution in [2.45, 2.75) is 50.5 Å². The average Bonchev–Trinajstić information content (AvgIpc) is 2.77. The molecular formula is C10H17N3O3. The van der Waals surface area contributed by atoms with E-state index in [9.17, 15) is 9.59 Å². The molecule has 2 aliphatic heterocycles. The Hall–Kier alpha value is -1.14. The van der Waals surface area contributed by atoms with Gasteiger partial charge in [0, 0.05) is 6.04 Å². The highest BCUT2D eigenvalue weighted by Gasteiger charge is 2.41. The molecule has 4 unspecified atom stereocenters. The van der Waals surface area contributed by atoms with Gasteiger partial charge in [-0.25, -0.2) is 4.79 Å². The van der Waals surface area contributed by atoms with Crippen LogP contribution in [0.15, 0.2) is 0 Å². The van der Waals surface area contributed by atoms with Crippen LogP contribution in [0, 0.1) is 0 Å². The first-order valence-electron chi connectivity index (χ1n) is 5.58. The van der Waals surface area contributed by atoms with E-state index >= 15 is 0 Å². The molecular weight excluding hydrogens is 210 g/mol. The minimum atomic E-state index is -0.817. The molecule has 2 rings (SSSR count). The van der Waals surface area contributed by atoms with Crippen molar-refractivity contribution in [3.63, 3.8) is 0 Å². The van der Waals surface area contributed by atoms with Gasteiger partial charge < -0.3 is 15.8 Å². The number of amides is 3. The van der Waals surface area contributed by atoms with Gasteiger partial charge in [-0.05, 0) is 26.2 Å². The molecule has 2 bridgehead atoms. The Morgan fingerprint density at radius 1 is 1.44 bits per heavy atom. The highest BCUT2D eigenvalue weighted by atomic mass is 16.5. The molecule has 4 atom stereocenters. The Morgan fingerprint density at radius 2 is 2.19 bits per heavy atom. The van der Waals surface area contributed by atoms with Gasteiger partial charge in [-0.15, -0.1) is 0 Å². The summed E-state index contributed by atoms with van der Waals surface area (Å²) in [7, 11) is 0. The van der Waals surface area contributed by atoms with E-state index in [2.05, 4.69) is 10.6 Å². The third-order valence-corrected chi connectivity index (χ3v) is 3.21. The fraction of sp³-hybridized carbons (Fsp3) is 0.800. The standard InChI is InChI=1S/C10H17N3O3/c1-5(9(14)13-10(11)15)12-7-4-6-2-3-8(7)16-6/h5-8,12H,2-4H2,1H3,(H3,11,13,14,15). The number of carbonyl (C=O) groups excluding carboxylic acids is 2. The number of imide groups is 1. The van der Waals surface area contributed by atoms with E-state index < -0.39 is 18.0 Å². The minimum Gasteiger partial charge on any atom is -0.373 e. The molecule has 0 spiro atoms. The maximum absolute atomic E-state index is 11.4. The molecule has 0 aromatic carbocycles. The fourth-order valence-corrected chi connectivity index (χ4v) is 2.44. The van der Waals surface area contributed by atoms with Gasteiger partial charge in [0.1, 0.15) is 0 Å². The molecule has 2 heterocycles. The van der Waals surface area contributed by atoms with E-state index in [1.54, 1.807) is 6.92 Å². The molecule has 90 valence electrons. The summed E-state index contributed by atoms with van der Waals surface area (Å²) in [5.74, 6) is -0.393. The number of hydrogen-bond donors (Lipinski definition) is 3. The topological polar surface area (TPSA) is 93.4 Å². The lowest BCUT2D eigenvalue weighted by Crippen LogP contribution is -2.51. The van der Waals surface area contributed by atoms with E-state index in [1.807, 2.05) is 0 Å². The van der Waals surface area contributed by atoms with Gasteiger partial charge in [0.25, 0.3) is 0 Å². The van der Waals surface area contributed by atoms with E-state index in [0.717, 1.165) is 19.3 Å². The lowest BCUT2D eigenvalue weighted by molar-refractivity contribution is -0.121. The van der Waals surface area contributed by atoms with Crippen molar-refractivity contribution in [2.75, 3.05) is 0 Å². The number of rotatable bonds is 3. The number of hydrogen-bond acceptors (Lipinski definition) is 4. The van der Waals surface area contributed by atoms with Crippen LogP contribution in [0.1, 0.15) is 26.2 Å². The van der Waals surface area contributed by atoms with Crippen molar-refractivity contribution in [2.24, 2.45) is 5.73 Å². The summed E-state index contributed by atoms with van der Waals surface area (Å²) in [6.45, 7) is 1.71. The van der Waals surface area contributed by atoms with E-state index in [1.165, 1.54) is 0 Å². The second-order valence-electron chi connectivity index (χ2n) is 4.46. The predicted octanol–water partition coefficient (Wildman–Crippen LogP) is -0.521. The number of nitrogens with two attached hydrogens (primary N) is 1. The van der Waals surface area contributed by atoms with Crippen molar-refractivity contribution in [3.05, 3.63) is 0 Å². The lowest BCUT2D eigenvalue weighted by atomic mass is 9.95. The lowest BCUT2D eigenvalue weighted by Gasteiger charge is -2.23. The summed E-state index contributed by atoms with van der Waals surface area (Å²) in [5, 5.41) is 5.23. The van der Waals surface area contributed by atoms with Gasteiger partial charge in [-0.3, -0.25) is 10.1 Å². The summed E-state index contributed by atoms with van der Waals surface area (Å²) in [6.07, 6.45) is 3.67. The molecule has 0 aromatic heterocycles. The molecule has 16 heavy (non-hydrogen) atoms. The normalized spacial score (nSPS) is 33.7. The second kappa shape index (κ2) is 4.39. The quantitative estimate of drug-likeness (QED) is 0.604. The molecule has 0 aromatic rings. The first-order chi connectivity index (χ1) is 7.56. The molecule has 3 amide bonds. The molecule has 2 fully saturated rings. The third kappa shape index (κ3) is 2.33. The van der Waals surface area contributed by atoms with Crippen LogP contribution in [0.5, 0.6) is 0 Å². The summed E-state index contributed by atoms with van der Waals surface area (Å²) >= 11 is 0. The van der Waals surface area contributed by atoms with Gasteiger partial charge >= 0.3 is 6.03 Å². The zero-order valence-corrected chi connectivity index (χ0v) is 9.23. The zero-order chi connectivity index (χ0) is 11.7. The molecule has 0 radical (unpaired) electrons. The SMILES string of the molecule is CC(NC1CC2CCC1O2)C(=O)NC(N)=O. The van der Waals surface area contributed by atoms with Crippen LogP contribution in [-0.2, 0) is 9.53 Å². The van der Waals surface area contributed by atoms with Gasteiger partial charge in [0.15, 0.2) is 0 Å². The molecule has 2 aliphatic rings. The number of urea groups is 1. The van der Waals surface area contributed by atoms with Crippen LogP contribution in [0.4, 0.5) is 4.79 Å². The zero-order valence-electron chi connectivity index (χ0n) is 9.23. The Labute approximate surface area is 93.9 Å². The fourth-order valence-electron chi connectivity index (χ4n) is 2.44. The van der Waals surface area contributed by atoms with E-state index in [0.29, 0.717) is 6.10 Å². The Bertz CT molecular complexity index is 308.